The number of thiazole rings is 1. The molecule has 1 aromatic carbocycles. The largest absolute Gasteiger partial charge is 0.348 e. The molecule has 3 rings (SSSR count). The van der Waals surface area contributed by atoms with Crippen molar-refractivity contribution in [2.45, 2.75) is 32.7 Å². The van der Waals surface area contributed by atoms with E-state index in [-0.39, 0.29) is 0 Å². The third-order valence-corrected chi connectivity index (χ3v) is 5.52. The topological polar surface area (TPSA) is 42.2 Å². The summed E-state index contributed by atoms with van der Waals surface area (Å²) in [5.74, 6) is 0.892. The van der Waals surface area contributed by atoms with Gasteiger partial charge in [0.2, 0.25) is 0 Å². The molecule has 1 aliphatic rings. The van der Waals surface area contributed by atoms with Gasteiger partial charge in [0.15, 0.2) is 5.13 Å². The summed E-state index contributed by atoms with van der Waals surface area (Å²) in [5, 5.41) is 1.14. The van der Waals surface area contributed by atoms with Crippen molar-refractivity contribution in [1.82, 2.24) is 4.98 Å². The Kier molecular flexibility index (Phi) is 4.56. The number of hydrogen-bond donors (Lipinski definition) is 1. The molecule has 4 heteroatoms. The monoisotopic (exact) mass is 301 g/mol. The molecule has 1 saturated heterocycles. The van der Waals surface area contributed by atoms with Gasteiger partial charge in [-0.2, -0.15) is 0 Å². The summed E-state index contributed by atoms with van der Waals surface area (Å²) in [7, 11) is 0. The van der Waals surface area contributed by atoms with Crippen LogP contribution in [0.15, 0.2) is 30.3 Å². The Bertz CT molecular complexity index is 571. The number of benzene rings is 1. The first-order chi connectivity index (χ1) is 10.3. The summed E-state index contributed by atoms with van der Waals surface area (Å²) in [6.07, 6.45) is 3.87. The van der Waals surface area contributed by atoms with E-state index in [0.29, 0.717) is 6.54 Å². The third-order valence-electron chi connectivity index (χ3n) is 4.38. The van der Waals surface area contributed by atoms with Gasteiger partial charge in [0, 0.05) is 30.1 Å². The Hall–Kier alpha value is -1.39. The molecule has 0 atom stereocenters. The zero-order valence-corrected chi connectivity index (χ0v) is 13.4. The minimum absolute atomic E-state index is 0.563. The lowest BCUT2D eigenvalue weighted by molar-refractivity contribution is 0.395. The molecule has 112 valence electrons. The van der Waals surface area contributed by atoms with Crippen molar-refractivity contribution >= 4 is 16.5 Å². The molecule has 1 aromatic heterocycles. The van der Waals surface area contributed by atoms with E-state index in [1.54, 1.807) is 11.3 Å². The average molecular weight is 301 g/mol. The van der Waals surface area contributed by atoms with Gasteiger partial charge < -0.3 is 10.6 Å². The van der Waals surface area contributed by atoms with E-state index in [1.807, 2.05) is 6.07 Å². The minimum Gasteiger partial charge on any atom is -0.348 e. The Morgan fingerprint density at radius 2 is 1.95 bits per heavy atom. The molecule has 0 spiro atoms. The Morgan fingerprint density at radius 1 is 1.24 bits per heavy atom. The van der Waals surface area contributed by atoms with Crippen molar-refractivity contribution in [2.24, 2.45) is 11.7 Å². The van der Waals surface area contributed by atoms with Crippen LogP contribution in [0.25, 0.3) is 11.3 Å². The van der Waals surface area contributed by atoms with Crippen LogP contribution in [0.2, 0.25) is 0 Å². The highest BCUT2D eigenvalue weighted by Gasteiger charge is 2.22. The average Bonchev–Trinajstić information content (AvgIpc) is 3.00. The van der Waals surface area contributed by atoms with Gasteiger partial charge in [-0.25, -0.2) is 4.98 Å². The van der Waals surface area contributed by atoms with Crippen LogP contribution in [0.5, 0.6) is 0 Å². The molecule has 0 radical (unpaired) electrons. The van der Waals surface area contributed by atoms with Crippen LogP contribution < -0.4 is 10.6 Å². The van der Waals surface area contributed by atoms with Crippen LogP contribution in [-0.2, 0) is 6.54 Å². The molecule has 3 nitrogen and oxygen atoms in total. The number of nitrogens with two attached hydrogens (primary N) is 1. The highest BCUT2D eigenvalue weighted by molar-refractivity contribution is 7.16. The fraction of sp³-hybridized carbons (Fsp3) is 0.471. The molecular formula is C17H23N3S. The first-order valence-electron chi connectivity index (χ1n) is 7.82. The Labute approximate surface area is 130 Å². The Morgan fingerprint density at radius 3 is 2.57 bits per heavy atom. The first-order valence-corrected chi connectivity index (χ1v) is 8.63. The van der Waals surface area contributed by atoms with Crippen LogP contribution >= 0.6 is 11.3 Å². The predicted octanol–water partition coefficient (Wildman–Crippen LogP) is 3.90. The molecule has 0 amide bonds. The number of nitrogens with zero attached hydrogens (tertiary/aromatic N) is 2. The van der Waals surface area contributed by atoms with Crippen molar-refractivity contribution in [2.75, 3.05) is 18.0 Å². The lowest BCUT2D eigenvalue weighted by Crippen LogP contribution is -2.33. The molecule has 2 heterocycles. The van der Waals surface area contributed by atoms with Gasteiger partial charge in [-0.3, -0.25) is 0 Å². The van der Waals surface area contributed by atoms with E-state index >= 15 is 0 Å². The van der Waals surface area contributed by atoms with E-state index in [2.05, 4.69) is 36.1 Å². The Balaban J connectivity index is 1.83. The second kappa shape index (κ2) is 6.58. The molecule has 1 fully saturated rings. The summed E-state index contributed by atoms with van der Waals surface area (Å²) in [6, 6.07) is 10.4. The molecule has 0 unspecified atom stereocenters. The van der Waals surface area contributed by atoms with Gasteiger partial charge in [-0.1, -0.05) is 55.0 Å². The van der Waals surface area contributed by atoms with Crippen LogP contribution in [0.1, 0.15) is 31.1 Å². The molecular weight excluding hydrogens is 278 g/mol. The maximum Gasteiger partial charge on any atom is 0.186 e. The molecule has 2 N–H and O–H groups in total. The van der Waals surface area contributed by atoms with E-state index in [0.717, 1.165) is 29.8 Å². The number of aromatic nitrogens is 1. The van der Waals surface area contributed by atoms with Crippen molar-refractivity contribution < 1.29 is 0 Å². The van der Waals surface area contributed by atoms with E-state index < -0.39 is 0 Å². The standard InChI is InChI=1S/C17H23N3S/c1-2-13-8-10-20(11-9-13)17-19-16(15(12-18)21-17)14-6-4-3-5-7-14/h3-7,13H,2,8-12,18H2,1H3. The van der Waals surface area contributed by atoms with Crippen LogP contribution in [0, 0.1) is 5.92 Å². The van der Waals surface area contributed by atoms with Crippen LogP contribution in [0.3, 0.4) is 0 Å². The van der Waals surface area contributed by atoms with Crippen molar-refractivity contribution in [3.05, 3.63) is 35.2 Å². The normalized spacial score (nSPS) is 16.4. The zero-order chi connectivity index (χ0) is 14.7. The number of hydrogen-bond acceptors (Lipinski definition) is 4. The number of anilines is 1. The van der Waals surface area contributed by atoms with E-state index in [9.17, 15) is 0 Å². The quantitative estimate of drug-likeness (QED) is 0.931. The maximum atomic E-state index is 5.93. The fourth-order valence-electron chi connectivity index (χ4n) is 2.97. The van der Waals surface area contributed by atoms with Crippen molar-refractivity contribution in [1.29, 1.82) is 0 Å². The highest BCUT2D eigenvalue weighted by atomic mass is 32.1. The molecule has 1 aliphatic heterocycles. The van der Waals surface area contributed by atoms with Gasteiger partial charge in [0.05, 0.1) is 5.69 Å². The summed E-state index contributed by atoms with van der Waals surface area (Å²) in [5.41, 5.74) is 8.16. The highest BCUT2D eigenvalue weighted by Crippen LogP contribution is 2.34. The van der Waals surface area contributed by atoms with Crippen LogP contribution in [0.4, 0.5) is 5.13 Å². The minimum atomic E-state index is 0.563. The van der Waals surface area contributed by atoms with Gasteiger partial charge >= 0.3 is 0 Å². The van der Waals surface area contributed by atoms with Crippen molar-refractivity contribution in [3.63, 3.8) is 0 Å². The second-order valence-electron chi connectivity index (χ2n) is 5.68. The summed E-state index contributed by atoms with van der Waals surface area (Å²) < 4.78 is 0. The van der Waals surface area contributed by atoms with Crippen LogP contribution in [-0.4, -0.2) is 18.1 Å². The molecule has 21 heavy (non-hydrogen) atoms. The van der Waals surface area contributed by atoms with Gasteiger partial charge in [-0.05, 0) is 18.8 Å². The SMILES string of the molecule is CCC1CCN(c2nc(-c3ccccc3)c(CN)s2)CC1. The number of piperidine rings is 1. The van der Waals surface area contributed by atoms with E-state index in [4.69, 9.17) is 10.7 Å². The van der Waals surface area contributed by atoms with Gasteiger partial charge in [0.25, 0.3) is 0 Å². The maximum absolute atomic E-state index is 5.93. The summed E-state index contributed by atoms with van der Waals surface area (Å²) in [6.45, 7) is 5.12. The number of rotatable bonds is 4. The fourth-order valence-corrected chi connectivity index (χ4v) is 3.98. The molecule has 0 aliphatic carbocycles. The lowest BCUT2D eigenvalue weighted by Gasteiger charge is -2.31. The smallest absolute Gasteiger partial charge is 0.186 e. The first kappa shape index (κ1) is 14.5. The lowest BCUT2D eigenvalue weighted by atomic mass is 9.95. The summed E-state index contributed by atoms with van der Waals surface area (Å²) >= 11 is 1.76. The predicted molar refractivity (Wildman–Crippen MR) is 90.7 cm³/mol. The van der Waals surface area contributed by atoms with E-state index in [1.165, 1.54) is 29.7 Å². The third kappa shape index (κ3) is 3.11. The molecule has 0 bridgehead atoms. The zero-order valence-electron chi connectivity index (χ0n) is 12.6. The van der Waals surface area contributed by atoms with Gasteiger partial charge in [0.1, 0.15) is 0 Å². The second-order valence-corrected chi connectivity index (χ2v) is 6.74. The van der Waals surface area contributed by atoms with Gasteiger partial charge in [-0.15, -0.1) is 0 Å². The molecule has 0 saturated carbocycles. The van der Waals surface area contributed by atoms with Crippen molar-refractivity contribution in [3.8, 4) is 11.3 Å². The molecule has 2 aromatic rings. The summed E-state index contributed by atoms with van der Waals surface area (Å²) in [4.78, 5) is 8.51.